The number of aromatic nitrogens is 2. The van der Waals surface area contributed by atoms with Gasteiger partial charge in [-0.25, -0.2) is 13.8 Å². The number of hydrogen-bond acceptors (Lipinski definition) is 3. The molecule has 6 heteroatoms. The lowest BCUT2D eigenvalue weighted by atomic mass is 10.0. The molecule has 0 spiro atoms. The van der Waals surface area contributed by atoms with Crippen LogP contribution in [0.1, 0.15) is 22.4 Å². The van der Waals surface area contributed by atoms with Crippen molar-refractivity contribution in [1.29, 1.82) is 0 Å². The van der Waals surface area contributed by atoms with Crippen molar-refractivity contribution in [2.75, 3.05) is 7.11 Å². The van der Waals surface area contributed by atoms with Gasteiger partial charge < -0.3 is 9.30 Å². The summed E-state index contributed by atoms with van der Waals surface area (Å²) in [5, 5.41) is 0.923. The van der Waals surface area contributed by atoms with E-state index in [4.69, 9.17) is 4.74 Å². The fraction of sp³-hybridized carbons (Fsp3) is 0.263. The summed E-state index contributed by atoms with van der Waals surface area (Å²) in [6, 6.07) is 5.77. The first-order chi connectivity index (χ1) is 11.9. The van der Waals surface area contributed by atoms with Crippen LogP contribution in [0.4, 0.5) is 8.78 Å². The molecule has 0 atom stereocenters. The standard InChI is InChI=1S/C19H18F2N2O2/c1-11-14-6-7-23(10-13-4-5-16(20)17(21)8-13)19(14)22-12(2)15(11)9-18(24)25-3/h4-8H,9-10H2,1-3H3. The first-order valence-electron chi connectivity index (χ1n) is 7.86. The highest BCUT2D eigenvalue weighted by molar-refractivity contribution is 5.84. The van der Waals surface area contributed by atoms with Crippen molar-refractivity contribution in [1.82, 2.24) is 9.55 Å². The van der Waals surface area contributed by atoms with Crippen LogP contribution < -0.4 is 0 Å². The summed E-state index contributed by atoms with van der Waals surface area (Å²) in [5.41, 5.74) is 3.96. The SMILES string of the molecule is COC(=O)Cc1c(C)nc2c(ccn2Cc2ccc(F)c(F)c2)c1C. The van der Waals surface area contributed by atoms with Crippen LogP contribution in [0.25, 0.3) is 11.0 Å². The Morgan fingerprint density at radius 2 is 1.96 bits per heavy atom. The third kappa shape index (κ3) is 3.24. The average molecular weight is 344 g/mol. The molecule has 0 amide bonds. The summed E-state index contributed by atoms with van der Waals surface area (Å²) in [6.07, 6.45) is 2.03. The topological polar surface area (TPSA) is 44.1 Å². The fourth-order valence-corrected chi connectivity index (χ4v) is 2.98. The van der Waals surface area contributed by atoms with Crippen molar-refractivity contribution >= 4 is 17.0 Å². The molecule has 0 aliphatic heterocycles. The van der Waals surface area contributed by atoms with E-state index in [0.717, 1.165) is 33.9 Å². The minimum atomic E-state index is -0.866. The number of aryl methyl sites for hydroxylation is 2. The molecule has 4 nitrogen and oxygen atoms in total. The van der Waals surface area contributed by atoms with Gasteiger partial charge in [0, 0.05) is 23.8 Å². The molecule has 0 saturated heterocycles. The van der Waals surface area contributed by atoms with Crippen molar-refractivity contribution in [2.45, 2.75) is 26.8 Å². The van der Waals surface area contributed by atoms with Crippen molar-refractivity contribution in [2.24, 2.45) is 0 Å². The van der Waals surface area contributed by atoms with Crippen LogP contribution in [0, 0.1) is 25.5 Å². The van der Waals surface area contributed by atoms with E-state index in [-0.39, 0.29) is 12.4 Å². The van der Waals surface area contributed by atoms with E-state index in [1.165, 1.54) is 13.2 Å². The zero-order chi connectivity index (χ0) is 18.1. The van der Waals surface area contributed by atoms with Crippen LogP contribution in [0.3, 0.4) is 0 Å². The molecule has 3 aromatic rings. The van der Waals surface area contributed by atoms with Crippen molar-refractivity contribution in [3.8, 4) is 0 Å². The van der Waals surface area contributed by atoms with Gasteiger partial charge in [0.2, 0.25) is 0 Å². The molecular weight excluding hydrogens is 326 g/mol. The molecule has 25 heavy (non-hydrogen) atoms. The molecule has 2 aromatic heterocycles. The molecule has 2 heterocycles. The van der Waals surface area contributed by atoms with E-state index >= 15 is 0 Å². The van der Waals surface area contributed by atoms with E-state index in [9.17, 15) is 13.6 Å². The predicted octanol–water partition coefficient (Wildman–Crippen LogP) is 3.70. The minimum absolute atomic E-state index is 0.172. The number of esters is 1. The Kier molecular flexibility index (Phi) is 4.53. The molecule has 0 aliphatic carbocycles. The number of carbonyl (C=O) groups is 1. The fourth-order valence-electron chi connectivity index (χ4n) is 2.98. The maximum atomic E-state index is 13.4. The lowest BCUT2D eigenvalue weighted by Crippen LogP contribution is -2.09. The molecule has 0 saturated carbocycles. The number of nitrogens with zero attached hydrogens (tertiary/aromatic N) is 2. The molecule has 1 aromatic carbocycles. The first kappa shape index (κ1) is 17.1. The van der Waals surface area contributed by atoms with Crippen LogP contribution >= 0.6 is 0 Å². The first-order valence-corrected chi connectivity index (χ1v) is 7.86. The maximum Gasteiger partial charge on any atom is 0.310 e. The predicted molar refractivity (Wildman–Crippen MR) is 90.4 cm³/mol. The van der Waals surface area contributed by atoms with E-state index in [2.05, 4.69) is 4.98 Å². The van der Waals surface area contributed by atoms with Crippen LogP contribution in [0.5, 0.6) is 0 Å². The Labute approximate surface area is 144 Å². The number of benzene rings is 1. The number of methoxy groups -OCH3 is 1. The summed E-state index contributed by atoms with van der Waals surface area (Å²) in [4.78, 5) is 16.2. The molecule has 0 N–H and O–H groups in total. The van der Waals surface area contributed by atoms with Gasteiger partial charge in [0.15, 0.2) is 11.6 Å². The smallest absolute Gasteiger partial charge is 0.310 e. The van der Waals surface area contributed by atoms with Gasteiger partial charge >= 0.3 is 5.97 Å². The van der Waals surface area contributed by atoms with Gasteiger partial charge in [-0.05, 0) is 48.7 Å². The highest BCUT2D eigenvalue weighted by atomic mass is 19.2. The summed E-state index contributed by atoms with van der Waals surface area (Å²) < 4.78 is 33.1. The van der Waals surface area contributed by atoms with Gasteiger partial charge in [0.1, 0.15) is 5.65 Å². The van der Waals surface area contributed by atoms with Gasteiger partial charge in [-0.15, -0.1) is 0 Å². The quantitative estimate of drug-likeness (QED) is 0.678. The zero-order valence-electron chi connectivity index (χ0n) is 14.3. The van der Waals surface area contributed by atoms with Crippen LogP contribution in [0.2, 0.25) is 0 Å². The zero-order valence-corrected chi connectivity index (χ0v) is 14.3. The molecule has 0 radical (unpaired) electrons. The molecule has 130 valence electrons. The van der Waals surface area contributed by atoms with Gasteiger partial charge in [0.25, 0.3) is 0 Å². The third-order valence-corrected chi connectivity index (χ3v) is 4.39. The second kappa shape index (κ2) is 6.63. The van der Waals surface area contributed by atoms with E-state index in [1.807, 2.05) is 30.7 Å². The molecule has 0 bridgehead atoms. The van der Waals surface area contributed by atoms with Gasteiger partial charge in [-0.2, -0.15) is 0 Å². The second-order valence-electron chi connectivity index (χ2n) is 5.98. The molecular formula is C19H18F2N2O2. The van der Waals surface area contributed by atoms with Crippen molar-refractivity contribution in [3.05, 3.63) is 64.5 Å². The summed E-state index contributed by atoms with van der Waals surface area (Å²) >= 11 is 0. The lowest BCUT2D eigenvalue weighted by molar-refractivity contribution is -0.139. The number of pyridine rings is 1. The van der Waals surface area contributed by atoms with E-state index in [0.29, 0.717) is 12.1 Å². The average Bonchev–Trinajstić information content (AvgIpc) is 2.97. The van der Waals surface area contributed by atoms with Gasteiger partial charge in [0.05, 0.1) is 13.5 Å². The Bertz CT molecular complexity index is 964. The van der Waals surface area contributed by atoms with E-state index < -0.39 is 11.6 Å². The number of ether oxygens (including phenoxy) is 1. The van der Waals surface area contributed by atoms with Crippen LogP contribution in [0.15, 0.2) is 30.5 Å². The second-order valence-corrected chi connectivity index (χ2v) is 5.98. The molecule has 0 unspecified atom stereocenters. The maximum absolute atomic E-state index is 13.4. The molecule has 3 rings (SSSR count). The minimum Gasteiger partial charge on any atom is -0.469 e. The Balaban J connectivity index is 2.01. The summed E-state index contributed by atoms with van der Waals surface area (Å²) in [6.45, 7) is 4.17. The summed E-state index contributed by atoms with van der Waals surface area (Å²) in [5.74, 6) is -2.04. The van der Waals surface area contributed by atoms with Gasteiger partial charge in [-0.1, -0.05) is 6.07 Å². The molecule has 0 fully saturated rings. The number of halogens is 2. The lowest BCUT2D eigenvalue weighted by Gasteiger charge is -2.11. The Morgan fingerprint density at radius 3 is 2.64 bits per heavy atom. The number of fused-ring (bicyclic) bond motifs is 1. The highest BCUT2D eigenvalue weighted by Crippen LogP contribution is 2.25. The number of carbonyl (C=O) groups excluding carboxylic acids is 1. The van der Waals surface area contributed by atoms with Crippen molar-refractivity contribution < 1.29 is 18.3 Å². The molecule has 0 aliphatic rings. The Morgan fingerprint density at radius 1 is 1.20 bits per heavy atom. The highest BCUT2D eigenvalue weighted by Gasteiger charge is 2.16. The van der Waals surface area contributed by atoms with E-state index in [1.54, 1.807) is 6.07 Å². The van der Waals surface area contributed by atoms with Crippen LogP contribution in [-0.2, 0) is 22.5 Å². The Hall–Kier alpha value is -2.76. The summed E-state index contributed by atoms with van der Waals surface area (Å²) in [7, 11) is 1.36. The van der Waals surface area contributed by atoms with Crippen molar-refractivity contribution in [3.63, 3.8) is 0 Å². The van der Waals surface area contributed by atoms with Gasteiger partial charge in [-0.3, -0.25) is 4.79 Å². The third-order valence-electron chi connectivity index (χ3n) is 4.39. The number of rotatable bonds is 4. The van der Waals surface area contributed by atoms with Crippen LogP contribution in [-0.4, -0.2) is 22.6 Å². The largest absolute Gasteiger partial charge is 0.469 e. The monoisotopic (exact) mass is 344 g/mol. The normalized spacial score (nSPS) is 11.1. The number of hydrogen-bond donors (Lipinski definition) is 0.